The molecule has 10 heteroatoms. The number of H-pyrrole nitrogens is 1. The Balaban J connectivity index is 1.46. The Morgan fingerprint density at radius 1 is 1.23 bits per heavy atom. The summed E-state index contributed by atoms with van der Waals surface area (Å²) in [6.07, 6.45) is 7.43. The second kappa shape index (κ2) is 10.1. The zero-order valence-corrected chi connectivity index (χ0v) is 21.1. The van der Waals surface area contributed by atoms with Gasteiger partial charge in [0.25, 0.3) is 0 Å². The average Bonchev–Trinajstić information content (AvgIpc) is 3.48. The van der Waals surface area contributed by atoms with Gasteiger partial charge in [0, 0.05) is 48.6 Å². The Morgan fingerprint density at radius 2 is 2.00 bits per heavy atom. The first-order valence-corrected chi connectivity index (χ1v) is 13.0. The Kier molecular flexibility index (Phi) is 6.93. The number of piperidine rings is 2. The summed E-state index contributed by atoms with van der Waals surface area (Å²) in [4.78, 5) is 26.5. The van der Waals surface area contributed by atoms with E-state index < -0.39 is 0 Å². The number of ether oxygens (including phenoxy) is 1. The number of carbonyl (C=O) groups excluding carboxylic acids is 1. The van der Waals surface area contributed by atoms with Crippen molar-refractivity contribution in [3.05, 3.63) is 23.0 Å². The van der Waals surface area contributed by atoms with Crippen LogP contribution in [0.4, 0.5) is 17.6 Å². The first kappa shape index (κ1) is 24.0. The highest BCUT2D eigenvalue weighted by atomic mass is 16.5. The van der Waals surface area contributed by atoms with Gasteiger partial charge in [0.05, 0.1) is 12.2 Å². The van der Waals surface area contributed by atoms with Crippen molar-refractivity contribution in [2.45, 2.75) is 89.9 Å². The molecular weight excluding hydrogens is 444 g/mol. The summed E-state index contributed by atoms with van der Waals surface area (Å²) in [7, 11) is 0. The van der Waals surface area contributed by atoms with Crippen LogP contribution in [0.15, 0.2) is 6.07 Å². The average molecular weight is 483 g/mol. The van der Waals surface area contributed by atoms with Crippen molar-refractivity contribution in [2.75, 3.05) is 29.9 Å². The van der Waals surface area contributed by atoms with Crippen LogP contribution in [0.2, 0.25) is 0 Å². The van der Waals surface area contributed by atoms with E-state index in [1.165, 1.54) is 6.42 Å². The van der Waals surface area contributed by atoms with E-state index in [9.17, 15) is 4.79 Å². The number of aryl methyl sites for hydroxylation is 1. The molecule has 3 unspecified atom stereocenters. The number of nitrogens with zero attached hydrogens (tertiary/aromatic N) is 5. The van der Waals surface area contributed by atoms with Gasteiger partial charge >= 0.3 is 0 Å². The highest BCUT2D eigenvalue weighted by Crippen LogP contribution is 2.38. The predicted octanol–water partition coefficient (Wildman–Crippen LogP) is 3.11. The van der Waals surface area contributed by atoms with Crippen LogP contribution >= 0.6 is 0 Å². The van der Waals surface area contributed by atoms with Crippen molar-refractivity contribution in [2.24, 2.45) is 5.73 Å². The molecule has 5 heterocycles. The molecule has 2 aromatic rings. The number of rotatable bonds is 8. The third kappa shape index (κ3) is 4.99. The minimum atomic E-state index is -0.236. The molecule has 1 amide bonds. The second-order valence-electron chi connectivity index (χ2n) is 10.2. The number of primary amides is 1. The number of aromatic amines is 1. The highest BCUT2D eigenvalue weighted by molar-refractivity contribution is 5.76. The Bertz CT molecular complexity index is 1040. The summed E-state index contributed by atoms with van der Waals surface area (Å²) >= 11 is 0. The molecule has 4 N–H and O–H groups in total. The number of anilines is 3. The lowest BCUT2D eigenvalue weighted by Gasteiger charge is -2.50. The Morgan fingerprint density at radius 3 is 2.60 bits per heavy atom. The first-order valence-electron chi connectivity index (χ1n) is 13.0. The zero-order valence-electron chi connectivity index (χ0n) is 21.1. The fraction of sp³-hybridized carbons (Fsp3) is 0.680. The smallest absolute Gasteiger partial charge is 0.231 e. The molecule has 0 aromatic carbocycles. The van der Waals surface area contributed by atoms with E-state index in [0.29, 0.717) is 24.7 Å². The van der Waals surface area contributed by atoms with Crippen LogP contribution in [0.5, 0.6) is 0 Å². The third-order valence-electron chi connectivity index (χ3n) is 7.84. The minimum absolute atomic E-state index is 0.00581. The second-order valence-corrected chi connectivity index (χ2v) is 10.2. The molecule has 0 aliphatic carbocycles. The number of hydrogen-bond acceptors (Lipinski definition) is 8. The standard InChI is InChI=1S/C25H38N8O2/c1-4-32(19-12-17-7-5-8-18(13-19)33(17)14-21(26)34)25-28-23(20-9-6-10-35-20)16(3)24(29-25)27-22-11-15(2)30-31-22/h11,17-20H,4-10,12-14H2,1-3H3,(H2,26,34)(H2,27,28,29,30,31). The van der Waals surface area contributed by atoms with Crippen LogP contribution < -0.4 is 16.0 Å². The maximum Gasteiger partial charge on any atom is 0.231 e. The van der Waals surface area contributed by atoms with Crippen LogP contribution in [-0.4, -0.2) is 68.8 Å². The van der Waals surface area contributed by atoms with E-state index in [1.54, 1.807) is 0 Å². The summed E-state index contributed by atoms with van der Waals surface area (Å²) in [5.41, 5.74) is 8.53. The molecule has 10 nitrogen and oxygen atoms in total. The molecule has 3 fully saturated rings. The maximum absolute atomic E-state index is 11.7. The summed E-state index contributed by atoms with van der Waals surface area (Å²) in [6.45, 7) is 8.15. The lowest BCUT2D eigenvalue weighted by Crippen LogP contribution is -2.59. The lowest BCUT2D eigenvalue weighted by molar-refractivity contribution is -0.122. The molecule has 2 aromatic heterocycles. The predicted molar refractivity (Wildman–Crippen MR) is 135 cm³/mol. The summed E-state index contributed by atoms with van der Waals surface area (Å²) < 4.78 is 6.05. The summed E-state index contributed by atoms with van der Waals surface area (Å²) in [5.74, 6) is 2.02. The van der Waals surface area contributed by atoms with Gasteiger partial charge in [0.1, 0.15) is 11.9 Å². The molecule has 3 atom stereocenters. The topological polar surface area (TPSA) is 125 Å². The minimum Gasteiger partial charge on any atom is -0.372 e. The van der Waals surface area contributed by atoms with E-state index in [-0.39, 0.29) is 12.0 Å². The Labute approximate surface area is 207 Å². The van der Waals surface area contributed by atoms with Crippen LogP contribution in [0.25, 0.3) is 0 Å². The summed E-state index contributed by atoms with van der Waals surface area (Å²) in [5, 5.41) is 10.8. The first-order chi connectivity index (χ1) is 16.9. The SMILES string of the molecule is CCN(c1nc(Nc2cc(C)[nH]n2)c(C)c(C2CCCO2)n1)C1CC2CCCC(C1)N2CC(N)=O. The van der Waals surface area contributed by atoms with Gasteiger partial charge in [-0.05, 0) is 59.3 Å². The van der Waals surface area contributed by atoms with E-state index in [4.69, 9.17) is 20.4 Å². The van der Waals surface area contributed by atoms with Crippen molar-refractivity contribution in [3.8, 4) is 0 Å². The molecular formula is C25H38N8O2. The molecule has 5 rings (SSSR count). The van der Waals surface area contributed by atoms with E-state index >= 15 is 0 Å². The van der Waals surface area contributed by atoms with Gasteiger partial charge in [-0.2, -0.15) is 10.1 Å². The quantitative estimate of drug-likeness (QED) is 0.524. The maximum atomic E-state index is 11.7. The van der Waals surface area contributed by atoms with Gasteiger partial charge in [0.2, 0.25) is 11.9 Å². The van der Waals surface area contributed by atoms with Crippen molar-refractivity contribution in [1.29, 1.82) is 0 Å². The molecule has 35 heavy (non-hydrogen) atoms. The zero-order chi connectivity index (χ0) is 24.5. The van der Waals surface area contributed by atoms with E-state index in [1.807, 2.05) is 13.0 Å². The number of amides is 1. The van der Waals surface area contributed by atoms with Crippen molar-refractivity contribution in [1.82, 2.24) is 25.1 Å². The number of fused-ring (bicyclic) bond motifs is 2. The van der Waals surface area contributed by atoms with Crippen molar-refractivity contribution >= 4 is 23.5 Å². The third-order valence-corrected chi connectivity index (χ3v) is 7.84. The van der Waals surface area contributed by atoms with Gasteiger partial charge in [0.15, 0.2) is 5.82 Å². The number of nitrogens with two attached hydrogens (primary N) is 1. The fourth-order valence-electron chi connectivity index (χ4n) is 6.19. The van der Waals surface area contributed by atoms with Crippen LogP contribution in [0.1, 0.15) is 74.9 Å². The van der Waals surface area contributed by atoms with E-state index in [0.717, 1.165) is 86.2 Å². The number of nitrogens with one attached hydrogen (secondary N) is 2. The normalized spacial score (nSPS) is 26.6. The molecule has 0 saturated carbocycles. The number of aromatic nitrogens is 4. The monoisotopic (exact) mass is 482 g/mol. The lowest BCUT2D eigenvalue weighted by atomic mass is 9.81. The summed E-state index contributed by atoms with van der Waals surface area (Å²) in [6, 6.07) is 3.05. The molecule has 0 spiro atoms. The van der Waals surface area contributed by atoms with Crippen molar-refractivity contribution in [3.63, 3.8) is 0 Å². The van der Waals surface area contributed by atoms with Gasteiger partial charge in [-0.15, -0.1) is 0 Å². The van der Waals surface area contributed by atoms with Crippen LogP contribution in [0.3, 0.4) is 0 Å². The number of hydrogen-bond donors (Lipinski definition) is 3. The molecule has 3 aliphatic rings. The molecule has 0 radical (unpaired) electrons. The number of carbonyl (C=O) groups is 1. The van der Waals surface area contributed by atoms with E-state index in [2.05, 4.69) is 39.2 Å². The van der Waals surface area contributed by atoms with Gasteiger partial charge in [-0.1, -0.05) is 6.42 Å². The molecule has 190 valence electrons. The largest absolute Gasteiger partial charge is 0.372 e. The Hall–Kier alpha value is -2.72. The van der Waals surface area contributed by atoms with Crippen molar-refractivity contribution < 1.29 is 9.53 Å². The van der Waals surface area contributed by atoms with Gasteiger partial charge in [-0.3, -0.25) is 14.8 Å². The molecule has 3 aliphatic heterocycles. The van der Waals surface area contributed by atoms with Crippen LogP contribution in [-0.2, 0) is 9.53 Å². The van der Waals surface area contributed by atoms with Crippen LogP contribution in [0, 0.1) is 13.8 Å². The van der Waals surface area contributed by atoms with Gasteiger partial charge in [-0.25, -0.2) is 4.98 Å². The fourth-order valence-corrected chi connectivity index (χ4v) is 6.19. The highest BCUT2D eigenvalue weighted by Gasteiger charge is 2.41. The molecule has 3 saturated heterocycles. The molecule has 2 bridgehead atoms. The van der Waals surface area contributed by atoms with Gasteiger partial charge < -0.3 is 20.7 Å².